The summed E-state index contributed by atoms with van der Waals surface area (Å²) in [5, 5.41) is 9.40. The molecule has 0 aliphatic carbocycles. The first-order chi connectivity index (χ1) is 29.6. The zero-order valence-corrected chi connectivity index (χ0v) is 32.2. The van der Waals surface area contributed by atoms with E-state index < -0.39 is 5.69 Å². The number of aromatic nitrogens is 3. The number of furan rings is 1. The van der Waals surface area contributed by atoms with Crippen LogP contribution in [0.3, 0.4) is 0 Å². The minimum atomic E-state index is -0.396. The van der Waals surface area contributed by atoms with Crippen LogP contribution in [0.25, 0.3) is 116 Å². The van der Waals surface area contributed by atoms with Crippen molar-refractivity contribution in [3.05, 3.63) is 211 Å². The molecule has 5 heteroatoms. The molecule has 280 valence electrons. The zero-order valence-electron chi connectivity index (χ0n) is 32.2. The molecule has 60 heavy (non-hydrogen) atoms. The van der Waals surface area contributed by atoms with Crippen LogP contribution in [0.1, 0.15) is 0 Å². The highest BCUT2D eigenvalue weighted by Crippen LogP contribution is 2.40. The number of hydrogen-bond donors (Lipinski definition) is 0. The lowest BCUT2D eigenvalue weighted by Gasteiger charge is -2.13. The maximum atomic E-state index is 14.1. The molecular weight excluding hydrogens is 735 g/mol. The first kappa shape index (κ1) is 33.9. The molecule has 9 aromatic carbocycles. The van der Waals surface area contributed by atoms with E-state index in [-0.39, 0.29) is 0 Å². The average molecular weight is 768 g/mol. The summed E-state index contributed by atoms with van der Waals surface area (Å²) in [6.07, 6.45) is 0. The minimum absolute atomic E-state index is 0.350. The molecule has 0 saturated carbocycles. The van der Waals surface area contributed by atoms with E-state index in [1.54, 1.807) is 4.40 Å². The van der Waals surface area contributed by atoms with Gasteiger partial charge in [-0.05, 0) is 108 Å². The molecule has 12 aromatic rings. The molecule has 0 aliphatic heterocycles. The topological polar surface area (TPSA) is 60.4 Å². The molecule has 0 spiro atoms. The van der Waals surface area contributed by atoms with Gasteiger partial charge < -0.3 is 4.42 Å². The van der Waals surface area contributed by atoms with Gasteiger partial charge in [-0.3, -0.25) is 0 Å². The Labute approximate surface area is 344 Å². The molecule has 0 atom stereocenters. The number of pyridine rings is 1. The largest absolute Gasteiger partial charge is 0.456 e. The first-order valence-electron chi connectivity index (χ1n) is 20.1. The third kappa shape index (κ3) is 5.44. The molecule has 12 rings (SSSR count). The third-order valence-corrected chi connectivity index (χ3v) is 11.9. The fourth-order valence-corrected chi connectivity index (χ4v) is 9.01. The van der Waals surface area contributed by atoms with Crippen molar-refractivity contribution in [1.82, 2.24) is 14.4 Å². The molecule has 0 aliphatic rings. The zero-order chi connectivity index (χ0) is 39.7. The van der Waals surface area contributed by atoms with Crippen LogP contribution in [-0.4, -0.2) is 14.4 Å². The van der Waals surface area contributed by atoms with E-state index in [0.29, 0.717) is 17.1 Å². The molecule has 0 amide bonds. The second-order valence-electron chi connectivity index (χ2n) is 15.3. The maximum Gasteiger partial charge on any atom is 0.355 e. The summed E-state index contributed by atoms with van der Waals surface area (Å²) in [6.45, 7) is 0. The summed E-state index contributed by atoms with van der Waals surface area (Å²) in [4.78, 5) is 23.8. The number of hydrogen-bond acceptors (Lipinski definition) is 4. The highest BCUT2D eigenvalue weighted by molar-refractivity contribution is 6.25. The van der Waals surface area contributed by atoms with Crippen molar-refractivity contribution in [2.45, 2.75) is 0 Å². The van der Waals surface area contributed by atoms with Crippen molar-refractivity contribution < 1.29 is 4.42 Å². The van der Waals surface area contributed by atoms with Crippen molar-refractivity contribution in [3.63, 3.8) is 0 Å². The van der Waals surface area contributed by atoms with Crippen LogP contribution in [-0.2, 0) is 0 Å². The van der Waals surface area contributed by atoms with Crippen LogP contribution in [0, 0.1) is 0 Å². The summed E-state index contributed by atoms with van der Waals surface area (Å²) in [5.41, 5.74) is 10.4. The van der Waals surface area contributed by atoms with Crippen molar-refractivity contribution >= 4 is 59.9 Å². The van der Waals surface area contributed by atoms with Gasteiger partial charge in [0.15, 0.2) is 5.82 Å². The normalized spacial score (nSPS) is 11.7. The molecule has 3 heterocycles. The third-order valence-electron chi connectivity index (χ3n) is 11.9. The van der Waals surface area contributed by atoms with Crippen LogP contribution >= 0.6 is 0 Å². The van der Waals surface area contributed by atoms with Gasteiger partial charge in [-0.1, -0.05) is 164 Å². The van der Waals surface area contributed by atoms with Crippen molar-refractivity contribution in [2.24, 2.45) is 0 Å². The van der Waals surface area contributed by atoms with Gasteiger partial charge in [0.05, 0.1) is 5.69 Å². The molecule has 0 bridgehead atoms. The molecule has 0 unspecified atom stereocenters. The fourth-order valence-electron chi connectivity index (χ4n) is 9.01. The highest BCUT2D eigenvalue weighted by atomic mass is 16.3. The molecule has 3 aromatic heterocycles. The van der Waals surface area contributed by atoms with E-state index in [1.807, 2.05) is 84.9 Å². The van der Waals surface area contributed by atoms with Crippen LogP contribution in [0.5, 0.6) is 0 Å². The Kier molecular flexibility index (Phi) is 7.62. The van der Waals surface area contributed by atoms with Gasteiger partial charge in [-0.15, -0.1) is 0 Å². The monoisotopic (exact) mass is 767 g/mol. The molecule has 0 saturated heterocycles. The lowest BCUT2D eigenvalue weighted by molar-refractivity contribution is 0.669. The number of fused-ring (bicyclic) bond motifs is 10. The Morgan fingerprint density at radius 1 is 0.367 bits per heavy atom. The van der Waals surface area contributed by atoms with E-state index in [9.17, 15) is 4.79 Å². The van der Waals surface area contributed by atoms with E-state index in [2.05, 4.69) is 120 Å². The van der Waals surface area contributed by atoms with E-state index in [4.69, 9.17) is 9.40 Å². The molecule has 0 N–H and O–H groups in total. The SMILES string of the molecule is O=c1nc(-c2cccc3oc4ccc(-c5ccc(-c6ccc7c8ccccc8c8ccccc8c7c6)cc5)cc4c23)nc2cc(-c3ccccc3)cc(-c3ccccc3)n12. The van der Waals surface area contributed by atoms with Crippen LogP contribution in [0.4, 0.5) is 0 Å². The second kappa shape index (κ2) is 13.5. The number of rotatable bonds is 5. The van der Waals surface area contributed by atoms with Crippen molar-refractivity contribution in [1.29, 1.82) is 0 Å². The molecule has 5 nitrogen and oxygen atoms in total. The van der Waals surface area contributed by atoms with E-state index >= 15 is 0 Å². The van der Waals surface area contributed by atoms with Gasteiger partial charge in [-0.2, -0.15) is 4.98 Å². The lowest BCUT2D eigenvalue weighted by atomic mass is 9.91. The first-order valence-corrected chi connectivity index (χ1v) is 20.1. The van der Waals surface area contributed by atoms with Crippen LogP contribution in [0.2, 0.25) is 0 Å². The highest BCUT2D eigenvalue weighted by Gasteiger charge is 2.19. The van der Waals surface area contributed by atoms with Gasteiger partial charge in [0.2, 0.25) is 0 Å². The Morgan fingerprint density at radius 3 is 1.57 bits per heavy atom. The second-order valence-corrected chi connectivity index (χ2v) is 15.3. The summed E-state index contributed by atoms with van der Waals surface area (Å²) in [5.74, 6) is 0.350. The van der Waals surface area contributed by atoms with Crippen LogP contribution in [0.15, 0.2) is 209 Å². The predicted molar refractivity (Wildman–Crippen MR) is 246 cm³/mol. The molecular formula is C55H33N3O2. The fraction of sp³-hybridized carbons (Fsp3) is 0. The maximum absolute atomic E-state index is 14.1. The van der Waals surface area contributed by atoms with Gasteiger partial charge in [0, 0.05) is 16.3 Å². The van der Waals surface area contributed by atoms with E-state index in [1.165, 1.54) is 37.9 Å². The van der Waals surface area contributed by atoms with Gasteiger partial charge in [-0.25, -0.2) is 14.2 Å². The van der Waals surface area contributed by atoms with Gasteiger partial charge in [0.1, 0.15) is 16.8 Å². The van der Waals surface area contributed by atoms with Gasteiger partial charge >= 0.3 is 5.69 Å². The molecule has 0 fully saturated rings. The summed E-state index contributed by atoms with van der Waals surface area (Å²) in [6, 6.07) is 69.2. The van der Waals surface area contributed by atoms with Crippen LogP contribution < -0.4 is 5.69 Å². The predicted octanol–water partition coefficient (Wildman–Crippen LogP) is 13.8. The van der Waals surface area contributed by atoms with Crippen molar-refractivity contribution in [3.8, 4) is 56.0 Å². The Bertz CT molecular complexity index is 3690. The summed E-state index contributed by atoms with van der Waals surface area (Å²) >= 11 is 0. The standard InChI is InChI=1S/C55H33N3O2/c59-55-57-54(56-52-33-40(34-12-3-1-4-13-34)32-49(58(52)55)37-14-5-2-6-15-37)46-20-11-21-51-53(46)48-31-39(27-29-50(48)60-51)36-24-22-35(23-25-36)38-26-28-45-43-18-8-7-16-41(43)42-17-9-10-19-44(42)47(45)30-38/h1-33H. The number of benzene rings is 9. The quantitative estimate of drug-likeness (QED) is 0.164. The summed E-state index contributed by atoms with van der Waals surface area (Å²) < 4.78 is 8.01. The van der Waals surface area contributed by atoms with Gasteiger partial charge in [0.25, 0.3) is 0 Å². The summed E-state index contributed by atoms with van der Waals surface area (Å²) in [7, 11) is 0. The Hall–Kier alpha value is -8.15. The Morgan fingerprint density at radius 2 is 0.900 bits per heavy atom. The number of nitrogens with zero attached hydrogens (tertiary/aromatic N) is 3. The molecule has 0 radical (unpaired) electrons. The minimum Gasteiger partial charge on any atom is -0.456 e. The Balaban J connectivity index is 0.961. The lowest BCUT2D eigenvalue weighted by Crippen LogP contribution is -2.21. The van der Waals surface area contributed by atoms with Crippen molar-refractivity contribution in [2.75, 3.05) is 0 Å². The smallest absolute Gasteiger partial charge is 0.355 e. The van der Waals surface area contributed by atoms with E-state index in [0.717, 1.165) is 61.0 Å². The average Bonchev–Trinajstić information content (AvgIpc) is 3.70.